The van der Waals surface area contributed by atoms with E-state index >= 15 is 0 Å². The molecule has 2 rings (SSSR count). The van der Waals surface area contributed by atoms with Gasteiger partial charge in [-0.25, -0.2) is 4.98 Å². The molecule has 1 aliphatic rings. The first-order valence-corrected chi connectivity index (χ1v) is 5.28. The van der Waals surface area contributed by atoms with Gasteiger partial charge in [-0.1, -0.05) is 6.07 Å². The molecule has 2 heterocycles. The molecule has 3 N–H and O–H groups in total. The standard InChI is InChI=1S/C9H11N3S/c1-7-6-11-9(13-7)12-8-4-2-3-5-10-8/h2-5,7H,6H2,1H3,(H,10,11,12)/p+2. The van der Waals surface area contributed by atoms with Crippen LogP contribution in [-0.2, 0) is 0 Å². The van der Waals surface area contributed by atoms with Crippen molar-refractivity contribution >= 4 is 22.7 Å². The van der Waals surface area contributed by atoms with Crippen molar-refractivity contribution in [1.82, 2.24) is 0 Å². The third-order valence-corrected chi connectivity index (χ3v) is 2.96. The van der Waals surface area contributed by atoms with Gasteiger partial charge in [0.2, 0.25) is 0 Å². The van der Waals surface area contributed by atoms with Gasteiger partial charge in [0.05, 0.1) is 18.0 Å². The fourth-order valence-corrected chi connectivity index (χ4v) is 2.16. The van der Waals surface area contributed by atoms with E-state index in [1.807, 2.05) is 36.2 Å². The van der Waals surface area contributed by atoms with Crippen molar-refractivity contribution in [2.45, 2.75) is 12.2 Å². The van der Waals surface area contributed by atoms with Gasteiger partial charge in [0.15, 0.2) is 0 Å². The van der Waals surface area contributed by atoms with Crippen molar-refractivity contribution < 1.29 is 10.3 Å². The number of hydrogen-bond donors (Lipinski definition) is 1. The van der Waals surface area contributed by atoms with Gasteiger partial charge >= 0.3 is 11.0 Å². The number of pyridine rings is 1. The molecule has 0 spiro atoms. The van der Waals surface area contributed by atoms with E-state index in [1.165, 1.54) is 0 Å². The maximum absolute atomic E-state index is 4.48. The zero-order valence-corrected chi connectivity index (χ0v) is 8.34. The molecular weight excluding hydrogens is 182 g/mol. The summed E-state index contributed by atoms with van der Waals surface area (Å²) >= 11 is 1.83. The lowest BCUT2D eigenvalue weighted by Crippen LogP contribution is -2.84. The lowest BCUT2D eigenvalue weighted by molar-refractivity contribution is -0.528. The molecule has 0 radical (unpaired) electrons. The molecule has 1 saturated heterocycles. The van der Waals surface area contributed by atoms with Crippen LogP contribution >= 0.6 is 11.8 Å². The number of thioether (sulfide) groups is 1. The second-order valence-corrected chi connectivity index (χ2v) is 4.52. The van der Waals surface area contributed by atoms with Crippen LogP contribution in [0, 0.1) is 0 Å². The van der Waals surface area contributed by atoms with E-state index in [0.29, 0.717) is 5.25 Å². The third-order valence-electron chi connectivity index (χ3n) is 1.87. The quantitative estimate of drug-likeness (QED) is 0.683. The smallest absolute Gasteiger partial charge is 0.269 e. The Labute approximate surface area is 81.7 Å². The fourth-order valence-electron chi connectivity index (χ4n) is 1.21. The fraction of sp³-hybridized carbons (Fsp3) is 0.333. The Balaban J connectivity index is 2.13. The first-order valence-electron chi connectivity index (χ1n) is 4.40. The molecule has 1 aliphatic heterocycles. The van der Waals surface area contributed by atoms with Crippen molar-refractivity contribution in [2.24, 2.45) is 4.99 Å². The van der Waals surface area contributed by atoms with Crippen LogP contribution in [0.4, 0.5) is 5.82 Å². The molecule has 0 aliphatic carbocycles. The predicted octanol–water partition coefficient (Wildman–Crippen LogP) is 0.187. The molecule has 13 heavy (non-hydrogen) atoms. The second-order valence-electron chi connectivity index (χ2n) is 3.07. The highest BCUT2D eigenvalue weighted by molar-refractivity contribution is 8.14. The van der Waals surface area contributed by atoms with E-state index in [2.05, 4.69) is 22.2 Å². The molecule has 4 heteroatoms. The molecule has 0 aromatic carbocycles. The van der Waals surface area contributed by atoms with Crippen LogP contribution in [0.2, 0.25) is 0 Å². The third kappa shape index (κ3) is 2.29. The molecule has 1 unspecified atom stereocenters. The number of hydrogen-bond acceptors (Lipinski definition) is 2. The topological polar surface area (TPSA) is 43.1 Å². The maximum Gasteiger partial charge on any atom is 0.368 e. The number of nitrogens with zero attached hydrogens (tertiary/aromatic N) is 1. The number of rotatable bonds is 1. The van der Waals surface area contributed by atoms with E-state index in [1.54, 1.807) is 0 Å². The zero-order valence-electron chi connectivity index (χ0n) is 7.53. The number of amidine groups is 1. The summed E-state index contributed by atoms with van der Waals surface area (Å²) < 4.78 is 0. The summed E-state index contributed by atoms with van der Waals surface area (Å²) in [6, 6.07) is 5.92. The lowest BCUT2D eigenvalue weighted by Gasteiger charge is -1.84. The van der Waals surface area contributed by atoms with Gasteiger partial charge in [0.25, 0.3) is 0 Å². The van der Waals surface area contributed by atoms with Crippen LogP contribution in [-0.4, -0.2) is 17.0 Å². The van der Waals surface area contributed by atoms with E-state index in [-0.39, 0.29) is 0 Å². The van der Waals surface area contributed by atoms with E-state index in [4.69, 9.17) is 0 Å². The molecule has 1 aromatic rings. The number of nitrogens with two attached hydrogens (primary N) is 1. The minimum Gasteiger partial charge on any atom is -0.269 e. The number of H-pyrrole nitrogens is 1. The number of aromatic amines is 1. The van der Waals surface area contributed by atoms with Gasteiger partial charge in [-0.2, -0.15) is 0 Å². The van der Waals surface area contributed by atoms with Crippen molar-refractivity contribution in [3.8, 4) is 0 Å². The van der Waals surface area contributed by atoms with Crippen LogP contribution in [0.15, 0.2) is 29.4 Å². The molecule has 68 valence electrons. The van der Waals surface area contributed by atoms with Crippen molar-refractivity contribution in [2.75, 3.05) is 6.54 Å². The average Bonchev–Trinajstić information content (AvgIpc) is 2.53. The Kier molecular flexibility index (Phi) is 2.61. The molecule has 0 saturated carbocycles. The first kappa shape index (κ1) is 8.72. The summed E-state index contributed by atoms with van der Waals surface area (Å²) in [5.74, 6) is 0.926. The monoisotopic (exact) mass is 195 g/mol. The van der Waals surface area contributed by atoms with E-state index in [0.717, 1.165) is 17.5 Å². The Morgan fingerprint density at radius 2 is 2.54 bits per heavy atom. The molecule has 0 bridgehead atoms. The molecule has 1 fully saturated rings. The molecule has 1 atom stereocenters. The van der Waals surface area contributed by atoms with Crippen LogP contribution in [0.1, 0.15) is 6.92 Å². The zero-order chi connectivity index (χ0) is 9.10. The van der Waals surface area contributed by atoms with Gasteiger partial charge in [-0.15, -0.1) is 0 Å². The van der Waals surface area contributed by atoms with Gasteiger partial charge in [-0.05, 0) is 24.8 Å². The number of aliphatic imine (C=N–C) groups is 1. The first-order chi connectivity index (χ1) is 6.34. The number of quaternary nitrogens is 1. The molecule has 1 aromatic heterocycles. The Morgan fingerprint density at radius 3 is 3.15 bits per heavy atom. The lowest BCUT2D eigenvalue weighted by atomic mass is 10.5. The van der Waals surface area contributed by atoms with Gasteiger partial charge < -0.3 is 0 Å². The normalized spacial score (nSPS) is 25.3. The number of nitrogens with one attached hydrogen (secondary N) is 1. The maximum atomic E-state index is 4.48. The van der Waals surface area contributed by atoms with Crippen molar-refractivity contribution in [3.05, 3.63) is 24.4 Å². The van der Waals surface area contributed by atoms with Crippen molar-refractivity contribution in [1.29, 1.82) is 0 Å². The molecular formula is C9H13N3S+2. The summed E-state index contributed by atoms with van der Waals surface area (Å²) in [6.07, 6.45) is 1.89. The minimum absolute atomic E-state index is 0.683. The van der Waals surface area contributed by atoms with Gasteiger partial charge in [0.1, 0.15) is 0 Å². The van der Waals surface area contributed by atoms with Crippen molar-refractivity contribution in [3.63, 3.8) is 0 Å². The van der Waals surface area contributed by atoms with E-state index in [9.17, 15) is 0 Å². The minimum atomic E-state index is 0.683. The van der Waals surface area contributed by atoms with E-state index < -0.39 is 0 Å². The Hall–Kier alpha value is -0.870. The highest BCUT2D eigenvalue weighted by Gasteiger charge is 2.26. The van der Waals surface area contributed by atoms with Gasteiger partial charge in [0, 0.05) is 11.1 Å². The SMILES string of the molecule is CC1C[NH2+]C(=Nc2cccc[nH+]2)S1. The van der Waals surface area contributed by atoms with Crippen LogP contribution in [0.25, 0.3) is 0 Å². The van der Waals surface area contributed by atoms with Crippen LogP contribution in [0.5, 0.6) is 0 Å². The summed E-state index contributed by atoms with van der Waals surface area (Å²) in [7, 11) is 0. The Bertz CT molecular complexity index is 310. The summed E-state index contributed by atoms with van der Waals surface area (Å²) in [5.41, 5.74) is 0. The second kappa shape index (κ2) is 3.89. The Morgan fingerprint density at radius 1 is 1.62 bits per heavy atom. The largest absolute Gasteiger partial charge is 0.368 e. The van der Waals surface area contributed by atoms with Crippen LogP contribution < -0.4 is 10.3 Å². The molecule has 0 amide bonds. The van der Waals surface area contributed by atoms with Gasteiger partial charge in [-0.3, -0.25) is 5.32 Å². The summed E-state index contributed by atoms with van der Waals surface area (Å²) in [6.45, 7) is 3.36. The summed E-state index contributed by atoms with van der Waals surface area (Å²) in [5, 5.41) is 4.01. The average molecular weight is 195 g/mol. The highest BCUT2D eigenvalue weighted by Crippen LogP contribution is 2.14. The highest BCUT2D eigenvalue weighted by atomic mass is 32.2. The van der Waals surface area contributed by atoms with Crippen LogP contribution in [0.3, 0.4) is 0 Å². The predicted molar refractivity (Wildman–Crippen MR) is 53.9 cm³/mol. The molecule has 3 nitrogen and oxygen atoms in total. The summed E-state index contributed by atoms with van der Waals surface area (Å²) in [4.78, 5) is 7.57. The number of aromatic nitrogens is 1.